The molecule has 8 heteroatoms. The molecular formula is C11H11ClFN3O2S. The summed E-state index contributed by atoms with van der Waals surface area (Å²) in [6.45, 7) is 1.83. The van der Waals surface area contributed by atoms with Gasteiger partial charge in [-0.2, -0.15) is 8.42 Å². The van der Waals surface area contributed by atoms with Crippen LogP contribution in [0.3, 0.4) is 0 Å². The van der Waals surface area contributed by atoms with Gasteiger partial charge in [-0.05, 0) is 18.2 Å². The molecule has 0 spiro atoms. The van der Waals surface area contributed by atoms with Crippen LogP contribution >= 0.6 is 11.6 Å². The summed E-state index contributed by atoms with van der Waals surface area (Å²) < 4.78 is 39.6. The molecule has 0 unspecified atom stereocenters. The van der Waals surface area contributed by atoms with E-state index in [0.717, 1.165) is 6.07 Å². The first kappa shape index (κ1) is 13.8. The number of anilines is 1. The number of nitrogens with zero attached hydrogens (tertiary/aromatic N) is 1. The minimum absolute atomic E-state index is 0.122. The van der Waals surface area contributed by atoms with E-state index in [-0.39, 0.29) is 15.7 Å². The second kappa shape index (κ2) is 5.18. The smallest absolute Gasteiger partial charge is 0.279 e. The lowest BCUT2D eigenvalue weighted by molar-refractivity contribution is 0.595. The van der Waals surface area contributed by atoms with E-state index < -0.39 is 15.8 Å². The molecule has 0 fully saturated rings. The number of sulfonamides is 1. The van der Waals surface area contributed by atoms with Crippen molar-refractivity contribution in [3.05, 3.63) is 41.1 Å². The number of aryl methyl sites for hydroxylation is 1. The number of hydrogen-bond donors (Lipinski definition) is 2. The maximum Gasteiger partial charge on any atom is 0.279 e. The first-order chi connectivity index (χ1) is 8.92. The number of nitrogens with one attached hydrogen (secondary N) is 2. The highest BCUT2D eigenvalue weighted by Crippen LogP contribution is 2.22. The van der Waals surface area contributed by atoms with Gasteiger partial charge in [0.15, 0.2) is 5.03 Å². The summed E-state index contributed by atoms with van der Waals surface area (Å²) in [6.07, 6.45) is 1.75. The quantitative estimate of drug-likeness (QED) is 0.911. The van der Waals surface area contributed by atoms with Crippen molar-refractivity contribution in [1.82, 2.24) is 9.97 Å². The van der Waals surface area contributed by atoms with Gasteiger partial charge in [0.25, 0.3) is 10.0 Å². The van der Waals surface area contributed by atoms with Gasteiger partial charge in [0.1, 0.15) is 11.6 Å². The van der Waals surface area contributed by atoms with Gasteiger partial charge in [0.05, 0.1) is 11.9 Å². The summed E-state index contributed by atoms with van der Waals surface area (Å²) >= 11 is 5.70. The van der Waals surface area contributed by atoms with Crippen LogP contribution < -0.4 is 4.72 Å². The first-order valence-corrected chi connectivity index (χ1v) is 7.30. The van der Waals surface area contributed by atoms with Gasteiger partial charge in [-0.25, -0.2) is 9.37 Å². The topological polar surface area (TPSA) is 74.8 Å². The van der Waals surface area contributed by atoms with Crippen LogP contribution in [0.25, 0.3) is 0 Å². The van der Waals surface area contributed by atoms with Gasteiger partial charge in [-0.1, -0.05) is 18.5 Å². The van der Waals surface area contributed by atoms with Gasteiger partial charge >= 0.3 is 0 Å². The van der Waals surface area contributed by atoms with E-state index in [0.29, 0.717) is 12.2 Å². The van der Waals surface area contributed by atoms with Crippen LogP contribution in [-0.2, 0) is 16.4 Å². The maximum atomic E-state index is 13.5. The molecule has 2 rings (SSSR count). The second-order valence-electron chi connectivity index (χ2n) is 3.78. The minimum atomic E-state index is -3.91. The molecule has 0 atom stereocenters. The highest BCUT2D eigenvalue weighted by Gasteiger charge is 2.19. The van der Waals surface area contributed by atoms with Crippen LogP contribution in [0.1, 0.15) is 12.7 Å². The lowest BCUT2D eigenvalue weighted by Gasteiger charge is -2.07. The molecule has 0 aliphatic carbocycles. The number of imidazole rings is 1. The third-order valence-electron chi connectivity index (χ3n) is 2.40. The van der Waals surface area contributed by atoms with Crippen molar-refractivity contribution in [3.8, 4) is 0 Å². The van der Waals surface area contributed by atoms with Gasteiger partial charge in [0.2, 0.25) is 0 Å². The van der Waals surface area contributed by atoms with Crippen molar-refractivity contribution < 1.29 is 12.8 Å². The van der Waals surface area contributed by atoms with Crippen LogP contribution in [0.5, 0.6) is 0 Å². The van der Waals surface area contributed by atoms with Crippen molar-refractivity contribution >= 4 is 27.3 Å². The Hall–Kier alpha value is -1.60. The summed E-state index contributed by atoms with van der Waals surface area (Å²) in [7, 11) is -3.91. The molecule has 0 bridgehead atoms. The SMILES string of the molecule is CCc1ncc(S(=O)(=O)Nc2cc(Cl)ccc2F)[nH]1. The molecule has 0 aliphatic heterocycles. The summed E-state index contributed by atoms with van der Waals surface area (Å²) in [6, 6.07) is 3.62. The second-order valence-corrected chi connectivity index (χ2v) is 5.86. The maximum absolute atomic E-state index is 13.5. The molecular weight excluding hydrogens is 293 g/mol. The molecule has 19 heavy (non-hydrogen) atoms. The molecule has 0 saturated carbocycles. The van der Waals surface area contributed by atoms with E-state index in [1.165, 1.54) is 18.3 Å². The fourth-order valence-electron chi connectivity index (χ4n) is 1.43. The largest absolute Gasteiger partial charge is 0.332 e. The number of hydrogen-bond acceptors (Lipinski definition) is 3. The lowest BCUT2D eigenvalue weighted by atomic mass is 10.3. The Balaban J connectivity index is 2.33. The zero-order valence-electron chi connectivity index (χ0n) is 9.94. The van der Waals surface area contributed by atoms with Crippen molar-refractivity contribution in [2.75, 3.05) is 4.72 Å². The number of aromatic amines is 1. The number of H-pyrrole nitrogens is 1. The Morgan fingerprint density at radius 2 is 2.21 bits per heavy atom. The molecule has 0 aliphatic rings. The molecule has 0 saturated heterocycles. The number of rotatable bonds is 4. The Morgan fingerprint density at radius 3 is 2.84 bits per heavy atom. The standard InChI is InChI=1S/C11H11ClFN3O2S/c1-2-10-14-6-11(15-10)19(17,18)16-9-5-7(12)3-4-8(9)13/h3-6,16H,2H2,1H3,(H,14,15). The molecule has 1 aromatic heterocycles. The first-order valence-electron chi connectivity index (χ1n) is 5.44. The van der Waals surface area contributed by atoms with E-state index in [2.05, 4.69) is 14.7 Å². The number of benzene rings is 1. The normalized spacial score (nSPS) is 11.5. The van der Waals surface area contributed by atoms with Gasteiger partial charge in [0, 0.05) is 11.4 Å². The fourth-order valence-corrected chi connectivity index (χ4v) is 2.61. The van der Waals surface area contributed by atoms with E-state index in [1.807, 2.05) is 6.92 Å². The number of aromatic nitrogens is 2. The summed E-state index contributed by atoms with van der Waals surface area (Å²) in [5, 5.41) is 0.113. The van der Waals surface area contributed by atoms with Crippen LogP contribution in [0, 0.1) is 5.82 Å². The Kier molecular flexibility index (Phi) is 3.77. The van der Waals surface area contributed by atoms with E-state index in [4.69, 9.17) is 11.6 Å². The summed E-state index contributed by atoms with van der Waals surface area (Å²) in [4.78, 5) is 6.53. The van der Waals surface area contributed by atoms with Gasteiger partial charge in [-0.15, -0.1) is 0 Å². The Labute approximate surface area is 114 Å². The van der Waals surface area contributed by atoms with Crippen molar-refractivity contribution in [2.45, 2.75) is 18.4 Å². The molecule has 1 aromatic carbocycles. The van der Waals surface area contributed by atoms with Gasteiger partial charge in [-0.3, -0.25) is 4.72 Å². The average molecular weight is 304 g/mol. The minimum Gasteiger partial charge on any atom is -0.332 e. The van der Waals surface area contributed by atoms with Gasteiger partial charge < -0.3 is 4.98 Å². The summed E-state index contributed by atoms with van der Waals surface area (Å²) in [5.41, 5.74) is -0.208. The van der Waals surface area contributed by atoms with E-state index >= 15 is 0 Å². The highest BCUT2D eigenvalue weighted by atomic mass is 35.5. The van der Waals surface area contributed by atoms with Crippen LogP contribution in [0.2, 0.25) is 5.02 Å². The zero-order valence-corrected chi connectivity index (χ0v) is 11.5. The van der Waals surface area contributed by atoms with Crippen LogP contribution in [-0.4, -0.2) is 18.4 Å². The lowest BCUT2D eigenvalue weighted by Crippen LogP contribution is -2.14. The predicted octanol–water partition coefficient (Wildman–Crippen LogP) is 2.57. The zero-order chi connectivity index (χ0) is 14.0. The molecule has 102 valence electrons. The molecule has 0 radical (unpaired) electrons. The third-order valence-corrected chi connectivity index (χ3v) is 3.91. The summed E-state index contributed by atoms with van der Waals surface area (Å²) in [5.74, 6) is -0.171. The molecule has 2 aromatic rings. The van der Waals surface area contributed by atoms with Crippen LogP contribution in [0.4, 0.5) is 10.1 Å². The van der Waals surface area contributed by atoms with Crippen molar-refractivity contribution in [3.63, 3.8) is 0 Å². The Morgan fingerprint density at radius 1 is 1.47 bits per heavy atom. The molecule has 2 N–H and O–H groups in total. The monoisotopic (exact) mass is 303 g/mol. The van der Waals surface area contributed by atoms with Crippen LogP contribution in [0.15, 0.2) is 29.4 Å². The average Bonchev–Trinajstić information content (AvgIpc) is 2.83. The van der Waals surface area contributed by atoms with Crippen molar-refractivity contribution in [1.29, 1.82) is 0 Å². The van der Waals surface area contributed by atoms with E-state index in [9.17, 15) is 12.8 Å². The van der Waals surface area contributed by atoms with E-state index in [1.54, 1.807) is 0 Å². The fraction of sp³-hybridized carbons (Fsp3) is 0.182. The van der Waals surface area contributed by atoms with Crippen molar-refractivity contribution in [2.24, 2.45) is 0 Å². The highest BCUT2D eigenvalue weighted by molar-refractivity contribution is 7.92. The molecule has 1 heterocycles. The molecule has 0 amide bonds. The predicted molar refractivity (Wildman–Crippen MR) is 70.2 cm³/mol. The number of halogens is 2. The molecule has 5 nitrogen and oxygen atoms in total. The third kappa shape index (κ3) is 3.05. The Bertz CT molecular complexity index is 700.